The number of amides is 2. The van der Waals surface area contributed by atoms with Crippen LogP contribution in [-0.2, 0) is 11.3 Å². The van der Waals surface area contributed by atoms with Gasteiger partial charge in [-0.3, -0.25) is 9.59 Å². The summed E-state index contributed by atoms with van der Waals surface area (Å²) in [5.74, 6) is 0.533. The smallest absolute Gasteiger partial charge is 0.251 e. The zero-order chi connectivity index (χ0) is 18.5. The Labute approximate surface area is 159 Å². The highest BCUT2D eigenvalue weighted by Gasteiger charge is 2.32. The Morgan fingerprint density at radius 2 is 1.73 bits per heavy atom. The SMILES string of the molecule is CNC(=O)c1ccc(CN(C(=O)CSc2ccc(C)cc2)C2CC2)cc1. The molecule has 1 saturated carbocycles. The molecule has 2 aromatic rings. The van der Waals surface area contributed by atoms with Crippen molar-refractivity contribution in [3.05, 3.63) is 65.2 Å². The maximum atomic E-state index is 12.7. The molecule has 136 valence electrons. The van der Waals surface area contributed by atoms with Crippen molar-refractivity contribution >= 4 is 23.6 Å². The summed E-state index contributed by atoms with van der Waals surface area (Å²) in [6.07, 6.45) is 2.16. The molecule has 0 saturated heterocycles. The quantitative estimate of drug-likeness (QED) is 0.759. The monoisotopic (exact) mass is 368 g/mol. The molecule has 1 aliphatic carbocycles. The number of carbonyl (C=O) groups excluding carboxylic acids is 2. The Balaban J connectivity index is 1.60. The standard InChI is InChI=1S/C21H24N2O2S/c1-15-3-11-19(12-4-15)26-14-20(24)23(18-9-10-18)13-16-5-7-17(8-6-16)21(25)22-2/h3-8,11-12,18H,9-10,13-14H2,1-2H3,(H,22,25). The Hall–Kier alpha value is -2.27. The van der Waals surface area contributed by atoms with E-state index in [1.165, 1.54) is 5.56 Å². The third-order valence-corrected chi connectivity index (χ3v) is 5.48. The molecule has 5 heteroatoms. The maximum absolute atomic E-state index is 12.7. The molecule has 0 radical (unpaired) electrons. The van der Waals surface area contributed by atoms with Gasteiger partial charge in [-0.25, -0.2) is 0 Å². The van der Waals surface area contributed by atoms with Crippen molar-refractivity contribution in [3.63, 3.8) is 0 Å². The molecule has 1 aliphatic rings. The fraction of sp³-hybridized carbons (Fsp3) is 0.333. The minimum atomic E-state index is -0.0961. The van der Waals surface area contributed by atoms with Crippen LogP contribution in [0.15, 0.2) is 53.4 Å². The topological polar surface area (TPSA) is 49.4 Å². The van der Waals surface area contributed by atoms with E-state index in [-0.39, 0.29) is 11.8 Å². The van der Waals surface area contributed by atoms with Crippen molar-refractivity contribution in [2.24, 2.45) is 0 Å². The lowest BCUT2D eigenvalue weighted by molar-refractivity contribution is -0.129. The van der Waals surface area contributed by atoms with Crippen LogP contribution in [0.1, 0.15) is 34.3 Å². The minimum Gasteiger partial charge on any atom is -0.355 e. The zero-order valence-electron chi connectivity index (χ0n) is 15.2. The molecule has 0 unspecified atom stereocenters. The molecule has 0 aliphatic heterocycles. The van der Waals surface area contributed by atoms with E-state index in [0.717, 1.165) is 23.3 Å². The fourth-order valence-corrected chi connectivity index (χ4v) is 3.56. The highest BCUT2D eigenvalue weighted by atomic mass is 32.2. The molecule has 3 rings (SSSR count). The molecule has 2 aromatic carbocycles. The number of hydrogen-bond donors (Lipinski definition) is 1. The third-order valence-electron chi connectivity index (χ3n) is 4.49. The molecular formula is C21H24N2O2S. The van der Waals surface area contributed by atoms with E-state index >= 15 is 0 Å². The second kappa shape index (κ2) is 8.41. The molecule has 26 heavy (non-hydrogen) atoms. The Bertz CT molecular complexity index is 768. The summed E-state index contributed by atoms with van der Waals surface area (Å²) in [5, 5.41) is 2.62. The average molecular weight is 369 g/mol. The van der Waals surface area contributed by atoms with E-state index in [1.807, 2.05) is 29.2 Å². The number of nitrogens with zero attached hydrogens (tertiary/aromatic N) is 1. The van der Waals surface area contributed by atoms with Gasteiger partial charge in [0.1, 0.15) is 0 Å². The summed E-state index contributed by atoms with van der Waals surface area (Å²) in [5.41, 5.74) is 2.91. The van der Waals surface area contributed by atoms with Gasteiger partial charge in [0.2, 0.25) is 5.91 Å². The van der Waals surface area contributed by atoms with Crippen LogP contribution in [0.3, 0.4) is 0 Å². The molecule has 1 fully saturated rings. The lowest BCUT2D eigenvalue weighted by Gasteiger charge is -2.22. The van der Waals surface area contributed by atoms with Gasteiger partial charge in [0, 0.05) is 30.1 Å². The molecule has 0 spiro atoms. The summed E-state index contributed by atoms with van der Waals surface area (Å²) in [7, 11) is 1.62. The molecule has 0 atom stereocenters. The lowest BCUT2D eigenvalue weighted by Crippen LogP contribution is -2.34. The second-order valence-corrected chi connectivity index (χ2v) is 7.68. The van der Waals surface area contributed by atoms with Gasteiger partial charge in [0.25, 0.3) is 5.91 Å². The zero-order valence-corrected chi connectivity index (χ0v) is 16.0. The molecule has 2 amide bonds. The van der Waals surface area contributed by atoms with Crippen LogP contribution in [0.4, 0.5) is 0 Å². The first-order chi connectivity index (χ1) is 12.6. The van der Waals surface area contributed by atoms with E-state index in [1.54, 1.807) is 18.8 Å². The maximum Gasteiger partial charge on any atom is 0.251 e. The second-order valence-electron chi connectivity index (χ2n) is 6.63. The number of nitrogens with one attached hydrogen (secondary N) is 1. The molecule has 4 nitrogen and oxygen atoms in total. The van der Waals surface area contributed by atoms with Gasteiger partial charge in [0.05, 0.1) is 5.75 Å². The molecular weight excluding hydrogens is 344 g/mol. The largest absolute Gasteiger partial charge is 0.355 e. The Morgan fingerprint density at radius 3 is 2.31 bits per heavy atom. The van der Waals surface area contributed by atoms with E-state index in [9.17, 15) is 9.59 Å². The number of benzene rings is 2. The van der Waals surface area contributed by atoms with E-state index in [0.29, 0.717) is 23.9 Å². The van der Waals surface area contributed by atoms with E-state index < -0.39 is 0 Å². The van der Waals surface area contributed by atoms with Crippen LogP contribution >= 0.6 is 11.8 Å². The van der Waals surface area contributed by atoms with Crippen molar-refractivity contribution in [1.82, 2.24) is 10.2 Å². The van der Waals surface area contributed by atoms with Crippen molar-refractivity contribution in [2.75, 3.05) is 12.8 Å². The highest BCUT2D eigenvalue weighted by molar-refractivity contribution is 8.00. The summed E-state index contributed by atoms with van der Waals surface area (Å²) < 4.78 is 0. The van der Waals surface area contributed by atoms with E-state index in [2.05, 4.69) is 36.5 Å². The predicted molar refractivity (Wildman–Crippen MR) is 105 cm³/mol. The van der Waals surface area contributed by atoms with Crippen LogP contribution < -0.4 is 5.32 Å². The van der Waals surface area contributed by atoms with Gasteiger partial charge in [-0.05, 0) is 49.6 Å². The van der Waals surface area contributed by atoms with Crippen LogP contribution in [-0.4, -0.2) is 35.6 Å². The fourth-order valence-electron chi connectivity index (χ4n) is 2.77. The molecule has 0 aromatic heterocycles. The Morgan fingerprint density at radius 1 is 1.08 bits per heavy atom. The van der Waals surface area contributed by atoms with Gasteiger partial charge in [0.15, 0.2) is 0 Å². The lowest BCUT2D eigenvalue weighted by atomic mass is 10.1. The van der Waals surface area contributed by atoms with Gasteiger partial charge in [-0.2, -0.15) is 0 Å². The van der Waals surface area contributed by atoms with Crippen LogP contribution in [0.2, 0.25) is 0 Å². The van der Waals surface area contributed by atoms with Crippen molar-refractivity contribution in [2.45, 2.75) is 37.2 Å². The first-order valence-corrected chi connectivity index (χ1v) is 9.85. The number of thioether (sulfide) groups is 1. The number of aryl methyl sites for hydroxylation is 1. The Kier molecular flexibility index (Phi) is 5.99. The first kappa shape index (κ1) is 18.5. The van der Waals surface area contributed by atoms with Crippen molar-refractivity contribution in [1.29, 1.82) is 0 Å². The van der Waals surface area contributed by atoms with Gasteiger partial charge >= 0.3 is 0 Å². The normalized spacial score (nSPS) is 13.3. The number of rotatable bonds is 7. The molecule has 0 heterocycles. The van der Waals surface area contributed by atoms with Crippen molar-refractivity contribution in [3.8, 4) is 0 Å². The summed E-state index contributed by atoms with van der Waals surface area (Å²) >= 11 is 1.59. The van der Waals surface area contributed by atoms with Crippen LogP contribution in [0.5, 0.6) is 0 Å². The average Bonchev–Trinajstić information content (AvgIpc) is 3.50. The highest BCUT2D eigenvalue weighted by Crippen LogP contribution is 2.30. The summed E-state index contributed by atoms with van der Waals surface area (Å²) in [6.45, 7) is 2.66. The summed E-state index contributed by atoms with van der Waals surface area (Å²) in [6, 6.07) is 16.1. The van der Waals surface area contributed by atoms with Gasteiger partial charge < -0.3 is 10.2 Å². The summed E-state index contributed by atoms with van der Waals surface area (Å²) in [4.78, 5) is 27.5. The molecule has 1 N–H and O–H groups in total. The van der Waals surface area contributed by atoms with Crippen LogP contribution in [0, 0.1) is 6.92 Å². The van der Waals surface area contributed by atoms with Gasteiger partial charge in [-0.15, -0.1) is 11.8 Å². The minimum absolute atomic E-state index is 0.0961. The van der Waals surface area contributed by atoms with Crippen LogP contribution in [0.25, 0.3) is 0 Å². The van der Waals surface area contributed by atoms with Crippen molar-refractivity contribution < 1.29 is 9.59 Å². The van der Waals surface area contributed by atoms with Gasteiger partial charge in [-0.1, -0.05) is 29.8 Å². The predicted octanol–water partition coefficient (Wildman–Crippen LogP) is 3.64. The molecule has 0 bridgehead atoms. The number of carbonyl (C=O) groups is 2. The van der Waals surface area contributed by atoms with E-state index in [4.69, 9.17) is 0 Å². The third kappa shape index (κ3) is 4.88. The first-order valence-electron chi connectivity index (χ1n) is 8.87. The number of hydrogen-bond acceptors (Lipinski definition) is 3.